The maximum Gasteiger partial charge on any atom is 0.328 e. The molecule has 1 aliphatic heterocycles. The molecule has 4 rings (SSSR count). The van der Waals surface area contributed by atoms with E-state index < -0.39 is 23.4 Å². The van der Waals surface area contributed by atoms with Crippen LogP contribution in [0.3, 0.4) is 0 Å². The number of carbonyl (C=O) groups is 2. The highest BCUT2D eigenvalue weighted by molar-refractivity contribution is 7.94. The first-order chi connectivity index (χ1) is 18.3. The molecule has 0 fully saturated rings. The van der Waals surface area contributed by atoms with Crippen molar-refractivity contribution in [2.75, 3.05) is 25.1 Å². The first-order valence-electron chi connectivity index (χ1n) is 12.3. The molecule has 0 atom stereocenters. The van der Waals surface area contributed by atoms with Crippen molar-refractivity contribution in [1.29, 1.82) is 0 Å². The van der Waals surface area contributed by atoms with Crippen LogP contribution >= 0.6 is 12.0 Å². The zero-order chi connectivity index (χ0) is 28.0. The molecule has 8 nitrogen and oxygen atoms in total. The van der Waals surface area contributed by atoms with Gasteiger partial charge in [-0.05, 0) is 50.6 Å². The Kier molecular flexibility index (Phi) is 9.76. The number of hydrogen-bond donors (Lipinski definition) is 1. The van der Waals surface area contributed by atoms with Crippen LogP contribution in [-0.2, 0) is 10.7 Å². The molecule has 1 aliphatic rings. The number of benzene rings is 2. The second-order valence-electron chi connectivity index (χ2n) is 7.98. The number of anilines is 2. The van der Waals surface area contributed by atoms with Crippen molar-refractivity contribution >= 4 is 35.5 Å². The number of amides is 3. The van der Waals surface area contributed by atoms with E-state index in [-0.39, 0.29) is 23.4 Å². The number of carbonyl (C=O) groups excluding carboxylic acids is 2. The average Bonchev–Trinajstić information content (AvgIpc) is 2.91. The summed E-state index contributed by atoms with van der Waals surface area (Å²) in [7, 11) is 1.43. The largest absolute Gasteiger partial charge is 0.339 e. The fourth-order valence-electron chi connectivity index (χ4n) is 4.09. The van der Waals surface area contributed by atoms with Gasteiger partial charge in [-0.15, -0.1) is 0 Å². The molecule has 3 amide bonds. The van der Waals surface area contributed by atoms with Crippen LogP contribution in [-0.4, -0.2) is 47.0 Å². The van der Waals surface area contributed by atoms with Crippen molar-refractivity contribution in [3.05, 3.63) is 64.7 Å². The number of nitrogens with one attached hydrogen (secondary N) is 1. The van der Waals surface area contributed by atoms with Crippen LogP contribution in [0.4, 0.5) is 25.1 Å². The van der Waals surface area contributed by atoms with Gasteiger partial charge in [-0.2, -0.15) is 0 Å². The maximum absolute atomic E-state index is 14.7. The Morgan fingerprint density at radius 3 is 2.39 bits per heavy atom. The third-order valence-corrected chi connectivity index (χ3v) is 6.40. The van der Waals surface area contributed by atoms with Gasteiger partial charge in [0.2, 0.25) is 5.16 Å². The monoisotopic (exact) mass is 543 g/mol. The van der Waals surface area contributed by atoms with Gasteiger partial charge in [-0.25, -0.2) is 28.4 Å². The van der Waals surface area contributed by atoms with Gasteiger partial charge in [0, 0.05) is 29.8 Å². The van der Waals surface area contributed by atoms with Gasteiger partial charge < -0.3 is 14.4 Å². The van der Waals surface area contributed by atoms with Crippen LogP contribution in [0.25, 0.3) is 11.3 Å². The maximum atomic E-state index is 14.7. The number of aromatic nitrogens is 2. The quantitative estimate of drug-likeness (QED) is 0.280. The summed E-state index contributed by atoms with van der Waals surface area (Å²) in [5, 5.41) is 2.80. The summed E-state index contributed by atoms with van der Waals surface area (Å²) in [5.74, 6) is -1.92. The Morgan fingerprint density at radius 2 is 1.79 bits per heavy atom. The number of fused-ring (bicyclic) bond motifs is 1. The fourth-order valence-corrected chi connectivity index (χ4v) is 4.49. The Morgan fingerprint density at radius 1 is 1.13 bits per heavy atom. The third-order valence-electron chi connectivity index (χ3n) is 5.91. The molecular formula is C27H31F2N5O3S. The average molecular weight is 544 g/mol. The Hall–Kier alpha value is -3.57. The van der Waals surface area contributed by atoms with Gasteiger partial charge >= 0.3 is 6.03 Å². The van der Waals surface area contributed by atoms with Crippen molar-refractivity contribution in [1.82, 2.24) is 20.2 Å². The van der Waals surface area contributed by atoms with Gasteiger partial charge in [0.15, 0.2) is 5.82 Å². The molecule has 202 valence electrons. The van der Waals surface area contributed by atoms with Crippen LogP contribution in [0.1, 0.15) is 49.2 Å². The second-order valence-corrected chi connectivity index (χ2v) is 8.84. The summed E-state index contributed by atoms with van der Waals surface area (Å²) in [5.41, 5.74) is 2.26. The summed E-state index contributed by atoms with van der Waals surface area (Å²) >= 11 is 0.849. The van der Waals surface area contributed by atoms with E-state index in [9.17, 15) is 18.4 Å². The van der Waals surface area contributed by atoms with E-state index >= 15 is 0 Å². The van der Waals surface area contributed by atoms with Gasteiger partial charge in [0.05, 0.1) is 31.4 Å². The van der Waals surface area contributed by atoms with E-state index in [1.54, 1.807) is 17.0 Å². The molecule has 1 N–H and O–H groups in total. The number of hydrogen-bond acceptors (Lipinski definition) is 6. The van der Waals surface area contributed by atoms with Crippen molar-refractivity contribution in [2.45, 2.75) is 46.3 Å². The molecule has 0 unspecified atom stereocenters. The molecule has 0 spiro atoms. The number of aryl methyl sites for hydroxylation is 1. The lowest BCUT2D eigenvalue weighted by atomic mass is 9.97. The molecule has 0 saturated carbocycles. The predicted octanol–water partition coefficient (Wildman–Crippen LogP) is 6.25. The summed E-state index contributed by atoms with van der Waals surface area (Å²) in [6, 6.07) is 7.94. The summed E-state index contributed by atoms with van der Waals surface area (Å²) in [6.45, 7) is 10.8. The van der Waals surface area contributed by atoms with Crippen LogP contribution < -0.4 is 10.2 Å². The lowest BCUT2D eigenvalue weighted by Crippen LogP contribution is -2.43. The van der Waals surface area contributed by atoms with Crippen LogP contribution in [0, 0.1) is 18.6 Å². The number of halogens is 2. The van der Waals surface area contributed by atoms with Crippen molar-refractivity contribution in [3.8, 4) is 11.3 Å². The van der Waals surface area contributed by atoms with Gasteiger partial charge in [0.1, 0.15) is 17.3 Å². The van der Waals surface area contributed by atoms with Crippen LogP contribution in [0.15, 0.2) is 41.6 Å². The highest BCUT2D eigenvalue weighted by atomic mass is 32.2. The molecular weight excluding hydrogens is 512 g/mol. The smallest absolute Gasteiger partial charge is 0.328 e. The first kappa shape index (κ1) is 29.0. The number of nitrogens with zero attached hydrogens (tertiary/aromatic N) is 4. The minimum absolute atomic E-state index is 0.0294. The van der Waals surface area contributed by atoms with Crippen molar-refractivity contribution in [3.63, 3.8) is 0 Å². The Balaban J connectivity index is 0.00000195. The first-order valence-corrected chi connectivity index (χ1v) is 13.1. The minimum Gasteiger partial charge on any atom is -0.339 e. The van der Waals surface area contributed by atoms with E-state index in [1.165, 1.54) is 13.2 Å². The molecule has 0 bridgehead atoms. The van der Waals surface area contributed by atoms with Gasteiger partial charge in [-0.1, -0.05) is 26.0 Å². The molecule has 0 radical (unpaired) electrons. The zero-order valence-electron chi connectivity index (χ0n) is 22.3. The number of para-hydroxylation sites is 1. The van der Waals surface area contributed by atoms with Crippen LogP contribution in [0.5, 0.6) is 0 Å². The number of urea groups is 1. The topological polar surface area (TPSA) is 87.7 Å². The molecule has 0 saturated heterocycles. The molecule has 38 heavy (non-hydrogen) atoms. The molecule has 2 aromatic carbocycles. The molecule has 0 aliphatic carbocycles. The van der Waals surface area contributed by atoms with Crippen molar-refractivity contribution in [2.24, 2.45) is 0 Å². The van der Waals surface area contributed by atoms with E-state index in [4.69, 9.17) is 4.18 Å². The Bertz CT molecular complexity index is 1310. The zero-order valence-corrected chi connectivity index (χ0v) is 23.1. The minimum atomic E-state index is -0.915. The third kappa shape index (κ3) is 5.63. The summed E-state index contributed by atoms with van der Waals surface area (Å²) in [6.07, 6.45) is 0. The summed E-state index contributed by atoms with van der Waals surface area (Å²) in [4.78, 5) is 37.5. The Labute approximate surface area is 225 Å². The fraction of sp³-hybridized carbons (Fsp3) is 0.333. The highest BCUT2D eigenvalue weighted by Gasteiger charge is 2.34. The summed E-state index contributed by atoms with van der Waals surface area (Å²) < 4.78 is 34.6. The normalized spacial score (nSPS) is 12.3. The van der Waals surface area contributed by atoms with E-state index in [2.05, 4.69) is 15.3 Å². The number of rotatable bonds is 7. The lowest BCUT2D eigenvalue weighted by Gasteiger charge is -2.30. The van der Waals surface area contributed by atoms with Gasteiger partial charge in [0.25, 0.3) is 5.91 Å². The molecule has 2 heterocycles. The van der Waals surface area contributed by atoms with E-state index in [0.29, 0.717) is 35.5 Å². The van der Waals surface area contributed by atoms with Crippen LogP contribution in [0.2, 0.25) is 0 Å². The second kappa shape index (κ2) is 12.8. The van der Waals surface area contributed by atoms with Crippen molar-refractivity contribution < 1.29 is 22.6 Å². The molecule has 3 aromatic rings. The predicted molar refractivity (Wildman–Crippen MR) is 144 cm³/mol. The highest BCUT2D eigenvalue weighted by Crippen LogP contribution is 2.39. The van der Waals surface area contributed by atoms with E-state index in [1.807, 2.05) is 40.7 Å². The standard InChI is InChI=1S/C25H25F2N5O3S.C2H6/c1-5-31(6-2)23(33)15-11-10-14(3)16(12-15)20-17-13-28-25(34)32(21-18(26)8-7-9-19(21)27)22(17)30-24(29-20)36-35-4;1-2/h7-12H,5-6,13H2,1-4H3,(H,28,34);1-2H3. The van der Waals surface area contributed by atoms with E-state index in [0.717, 1.165) is 34.6 Å². The SMILES string of the molecule is CC.CCN(CC)C(=O)c1ccc(C)c(-c2nc(SOC)nc3c2CNC(=O)N3c2c(F)cccc2F)c1. The molecule has 1 aromatic heterocycles. The lowest BCUT2D eigenvalue weighted by molar-refractivity contribution is 0.0773. The van der Waals surface area contributed by atoms with Gasteiger partial charge in [-0.3, -0.25) is 4.79 Å². The molecule has 11 heteroatoms.